The van der Waals surface area contributed by atoms with Crippen molar-refractivity contribution in [3.63, 3.8) is 0 Å². The molecule has 65 heavy (non-hydrogen) atoms. The van der Waals surface area contributed by atoms with Crippen LogP contribution in [0.4, 0.5) is 0 Å². The van der Waals surface area contributed by atoms with Crippen LogP contribution >= 0.6 is 0 Å². The van der Waals surface area contributed by atoms with Crippen molar-refractivity contribution in [1.29, 1.82) is 0 Å². The SMILES string of the molecule is C1=CC(c2cccc(-c3cnc4c5ccccc5c5ccccc5c4n3)c2)CC=C1c1ccc(-n2c3ccccc3c3ccc(-c4ccc(-c5ccc6ccccc6c5)cc4)cc32)cc1. The first-order valence-corrected chi connectivity index (χ1v) is 22.5. The maximum Gasteiger partial charge on any atom is 0.0979 e. The zero-order valence-electron chi connectivity index (χ0n) is 35.6. The molecule has 10 aromatic carbocycles. The quantitative estimate of drug-likeness (QED) is 0.156. The molecule has 0 aliphatic heterocycles. The van der Waals surface area contributed by atoms with Crippen molar-refractivity contribution in [2.75, 3.05) is 0 Å². The summed E-state index contributed by atoms with van der Waals surface area (Å²) in [4.78, 5) is 10.3. The van der Waals surface area contributed by atoms with Crippen molar-refractivity contribution >= 4 is 70.7 Å². The first-order chi connectivity index (χ1) is 32.2. The third-order valence-electron chi connectivity index (χ3n) is 13.6. The van der Waals surface area contributed by atoms with Crippen molar-refractivity contribution < 1.29 is 0 Å². The van der Waals surface area contributed by atoms with Crippen molar-refractivity contribution in [3.05, 3.63) is 242 Å². The Balaban J connectivity index is 0.772. The molecular formula is C62H41N3. The van der Waals surface area contributed by atoms with E-state index in [4.69, 9.17) is 9.97 Å². The third kappa shape index (κ3) is 6.35. The van der Waals surface area contributed by atoms with Crippen LogP contribution in [0.5, 0.6) is 0 Å². The number of rotatable bonds is 6. The van der Waals surface area contributed by atoms with Crippen LogP contribution in [0, 0.1) is 0 Å². The van der Waals surface area contributed by atoms with Crippen LogP contribution in [-0.4, -0.2) is 14.5 Å². The lowest BCUT2D eigenvalue weighted by atomic mass is 9.87. The highest BCUT2D eigenvalue weighted by molar-refractivity contribution is 6.23. The van der Waals surface area contributed by atoms with Gasteiger partial charge >= 0.3 is 0 Å². The third-order valence-corrected chi connectivity index (χ3v) is 13.6. The normalized spacial score (nSPS) is 14.0. The summed E-state index contributed by atoms with van der Waals surface area (Å²) < 4.78 is 2.42. The van der Waals surface area contributed by atoms with Gasteiger partial charge in [0.25, 0.3) is 0 Å². The molecule has 0 fully saturated rings. The second kappa shape index (κ2) is 15.1. The summed E-state index contributed by atoms with van der Waals surface area (Å²) in [5.74, 6) is 0.276. The molecule has 0 spiro atoms. The minimum Gasteiger partial charge on any atom is -0.309 e. The van der Waals surface area contributed by atoms with Crippen LogP contribution < -0.4 is 0 Å². The molecule has 0 saturated carbocycles. The van der Waals surface area contributed by atoms with E-state index >= 15 is 0 Å². The number of nitrogens with zero attached hydrogens (tertiary/aromatic N) is 3. The predicted octanol–water partition coefficient (Wildman–Crippen LogP) is 16.3. The maximum absolute atomic E-state index is 5.26. The van der Waals surface area contributed by atoms with Crippen LogP contribution in [0.2, 0.25) is 0 Å². The van der Waals surface area contributed by atoms with E-state index < -0.39 is 0 Å². The molecule has 12 aromatic rings. The lowest BCUT2D eigenvalue weighted by molar-refractivity contribution is 0.857. The number of hydrogen-bond donors (Lipinski definition) is 0. The molecule has 1 unspecified atom stereocenters. The van der Waals surface area contributed by atoms with Crippen molar-refractivity contribution in [2.45, 2.75) is 12.3 Å². The summed E-state index contributed by atoms with van der Waals surface area (Å²) in [6.45, 7) is 0. The highest BCUT2D eigenvalue weighted by Crippen LogP contribution is 2.39. The topological polar surface area (TPSA) is 30.7 Å². The summed E-state index contributed by atoms with van der Waals surface area (Å²) in [5.41, 5.74) is 16.0. The number of benzene rings is 10. The average Bonchev–Trinajstić information content (AvgIpc) is 3.72. The molecule has 1 aliphatic rings. The summed E-state index contributed by atoms with van der Waals surface area (Å²) >= 11 is 0. The van der Waals surface area contributed by atoms with Crippen LogP contribution in [0.25, 0.3) is 110 Å². The van der Waals surface area contributed by atoms with Gasteiger partial charge < -0.3 is 4.57 Å². The Morgan fingerprint density at radius 1 is 0.415 bits per heavy atom. The molecule has 13 rings (SSSR count). The van der Waals surface area contributed by atoms with Crippen LogP contribution in [0.3, 0.4) is 0 Å². The Morgan fingerprint density at radius 2 is 1.03 bits per heavy atom. The predicted molar refractivity (Wildman–Crippen MR) is 274 cm³/mol. The molecule has 0 amide bonds. The highest BCUT2D eigenvalue weighted by atomic mass is 15.0. The molecule has 3 heteroatoms. The summed E-state index contributed by atoms with van der Waals surface area (Å²) in [6, 6.07) is 74.9. The van der Waals surface area contributed by atoms with Gasteiger partial charge in [-0.25, -0.2) is 4.98 Å². The van der Waals surface area contributed by atoms with Gasteiger partial charge in [-0.1, -0.05) is 188 Å². The second-order valence-electron chi connectivity index (χ2n) is 17.3. The minimum absolute atomic E-state index is 0.276. The molecule has 304 valence electrons. The first-order valence-electron chi connectivity index (χ1n) is 22.5. The van der Waals surface area contributed by atoms with E-state index in [1.807, 2.05) is 6.20 Å². The fourth-order valence-electron chi connectivity index (χ4n) is 10.2. The summed E-state index contributed by atoms with van der Waals surface area (Å²) in [5, 5.41) is 9.71. The Hall–Kier alpha value is -8.40. The molecule has 1 aliphatic carbocycles. The Kier molecular flexibility index (Phi) is 8.67. The Morgan fingerprint density at radius 3 is 1.78 bits per heavy atom. The summed E-state index contributed by atoms with van der Waals surface area (Å²) in [6.07, 6.45) is 9.90. The van der Waals surface area contributed by atoms with Crippen molar-refractivity contribution in [1.82, 2.24) is 14.5 Å². The number of hydrogen-bond acceptors (Lipinski definition) is 2. The molecular weight excluding hydrogens is 787 g/mol. The van der Waals surface area contributed by atoms with Crippen LogP contribution in [0.1, 0.15) is 23.5 Å². The minimum atomic E-state index is 0.276. The van der Waals surface area contributed by atoms with Gasteiger partial charge in [0.05, 0.1) is 34.0 Å². The zero-order valence-corrected chi connectivity index (χ0v) is 35.6. The largest absolute Gasteiger partial charge is 0.309 e. The molecule has 2 aromatic heterocycles. The molecule has 0 saturated heterocycles. The Labute approximate surface area is 376 Å². The number of fused-ring (bicyclic) bond motifs is 10. The molecule has 2 heterocycles. The Bertz CT molecular complexity index is 3870. The molecule has 0 radical (unpaired) electrons. The van der Waals surface area contributed by atoms with Crippen LogP contribution in [-0.2, 0) is 0 Å². The molecule has 3 nitrogen and oxygen atoms in total. The smallest absolute Gasteiger partial charge is 0.0979 e. The number of allylic oxidation sites excluding steroid dienone is 4. The standard InChI is InChI=1S/C62H41N3/c1-2-11-46-36-48(29-28-40(46)10-1)44-24-26-45(27-25-44)49-32-35-55-54-16-7-8-19-59(54)65(60(55)38-49)51-33-30-42(31-34-51)41-20-22-43(23-21-41)47-12-9-13-50(37-47)58-39-63-61-56-17-5-3-14-52(56)53-15-4-6-18-57(53)62(61)64-58/h1-22,24-39,43H,23H2. The fraction of sp³-hybridized carbons (Fsp3) is 0.0323. The van der Waals surface area contributed by atoms with E-state index in [2.05, 4.69) is 229 Å². The number of para-hydroxylation sites is 1. The van der Waals surface area contributed by atoms with Gasteiger partial charge in [-0.3, -0.25) is 4.98 Å². The molecule has 0 bridgehead atoms. The van der Waals surface area contributed by atoms with Gasteiger partial charge in [0.2, 0.25) is 0 Å². The van der Waals surface area contributed by atoms with E-state index in [1.54, 1.807) is 0 Å². The van der Waals surface area contributed by atoms with Crippen LogP contribution in [0.15, 0.2) is 231 Å². The van der Waals surface area contributed by atoms with E-state index in [0.717, 1.165) is 45.2 Å². The number of aromatic nitrogens is 3. The average molecular weight is 828 g/mol. The van der Waals surface area contributed by atoms with Gasteiger partial charge in [-0.15, -0.1) is 0 Å². The van der Waals surface area contributed by atoms with E-state index in [0.29, 0.717) is 0 Å². The van der Waals surface area contributed by atoms with E-state index in [1.165, 1.54) is 82.3 Å². The lowest BCUT2D eigenvalue weighted by Crippen LogP contribution is -2.00. The van der Waals surface area contributed by atoms with Crippen molar-refractivity contribution in [2.24, 2.45) is 0 Å². The summed E-state index contributed by atoms with van der Waals surface area (Å²) in [7, 11) is 0. The first kappa shape index (κ1) is 37.2. The lowest BCUT2D eigenvalue weighted by Gasteiger charge is -2.18. The van der Waals surface area contributed by atoms with Gasteiger partial charge in [0.15, 0.2) is 0 Å². The van der Waals surface area contributed by atoms with Gasteiger partial charge in [0.1, 0.15) is 0 Å². The maximum atomic E-state index is 5.26. The van der Waals surface area contributed by atoms with E-state index in [9.17, 15) is 0 Å². The molecule has 1 atom stereocenters. The fourth-order valence-corrected chi connectivity index (χ4v) is 10.2. The highest BCUT2D eigenvalue weighted by Gasteiger charge is 2.17. The van der Waals surface area contributed by atoms with Gasteiger partial charge in [-0.05, 0) is 103 Å². The zero-order chi connectivity index (χ0) is 42.8. The molecule has 0 N–H and O–H groups in total. The van der Waals surface area contributed by atoms with Crippen molar-refractivity contribution in [3.8, 4) is 39.2 Å². The van der Waals surface area contributed by atoms with Gasteiger partial charge in [0, 0.05) is 38.7 Å². The second-order valence-corrected chi connectivity index (χ2v) is 17.3. The van der Waals surface area contributed by atoms with E-state index in [-0.39, 0.29) is 5.92 Å². The monoisotopic (exact) mass is 827 g/mol. The van der Waals surface area contributed by atoms with Gasteiger partial charge in [-0.2, -0.15) is 0 Å².